The highest BCUT2D eigenvalue weighted by Gasteiger charge is 2.20. The van der Waals surface area contributed by atoms with Crippen molar-refractivity contribution >= 4 is 40.4 Å². The van der Waals surface area contributed by atoms with E-state index in [1.54, 1.807) is 35.6 Å². The van der Waals surface area contributed by atoms with Crippen LogP contribution in [-0.4, -0.2) is 10.3 Å². The molecule has 1 aliphatic rings. The van der Waals surface area contributed by atoms with Crippen molar-refractivity contribution in [1.29, 1.82) is 0 Å². The van der Waals surface area contributed by atoms with Crippen molar-refractivity contribution in [3.05, 3.63) is 63.7 Å². The highest BCUT2D eigenvalue weighted by Crippen LogP contribution is 2.33. The SMILES string of the molecule is FC(F)Sc1ccc(N=c2scc(-c3ccc(Cl)cc3)n2C2CCCCC2)cc1. The van der Waals surface area contributed by atoms with Crippen LogP contribution in [0, 0.1) is 0 Å². The lowest BCUT2D eigenvalue weighted by atomic mass is 9.95. The van der Waals surface area contributed by atoms with Crippen LogP contribution in [0.1, 0.15) is 38.1 Å². The molecule has 0 radical (unpaired) electrons. The molecule has 1 aliphatic carbocycles. The number of rotatable bonds is 5. The molecule has 0 N–H and O–H groups in total. The molecule has 0 aliphatic heterocycles. The number of alkyl halides is 2. The van der Waals surface area contributed by atoms with Gasteiger partial charge in [0.15, 0.2) is 4.80 Å². The van der Waals surface area contributed by atoms with Crippen molar-refractivity contribution in [3.63, 3.8) is 0 Å². The fourth-order valence-electron chi connectivity index (χ4n) is 3.74. The summed E-state index contributed by atoms with van der Waals surface area (Å²) in [5, 5.41) is 2.87. The van der Waals surface area contributed by atoms with Gasteiger partial charge in [-0.15, -0.1) is 11.3 Å². The number of nitrogens with zero attached hydrogens (tertiary/aromatic N) is 2. The molecule has 4 rings (SSSR count). The smallest absolute Gasteiger partial charge is 0.288 e. The number of thioether (sulfide) groups is 1. The summed E-state index contributed by atoms with van der Waals surface area (Å²) in [6.45, 7) is 0. The molecule has 29 heavy (non-hydrogen) atoms. The average molecular weight is 451 g/mol. The van der Waals surface area contributed by atoms with Crippen LogP contribution >= 0.6 is 34.7 Å². The molecule has 1 aromatic heterocycles. The molecule has 7 heteroatoms. The van der Waals surface area contributed by atoms with Crippen molar-refractivity contribution in [1.82, 2.24) is 4.57 Å². The Morgan fingerprint density at radius 1 is 1.00 bits per heavy atom. The maximum absolute atomic E-state index is 12.5. The fourth-order valence-corrected chi connectivity index (χ4v) is 5.35. The number of hydrogen-bond donors (Lipinski definition) is 0. The molecule has 0 atom stereocenters. The van der Waals surface area contributed by atoms with E-state index in [1.165, 1.54) is 19.3 Å². The Morgan fingerprint density at radius 3 is 2.34 bits per heavy atom. The van der Waals surface area contributed by atoms with Gasteiger partial charge < -0.3 is 4.57 Å². The van der Waals surface area contributed by atoms with Crippen LogP contribution in [0.5, 0.6) is 0 Å². The number of benzene rings is 2. The van der Waals surface area contributed by atoms with E-state index in [4.69, 9.17) is 16.6 Å². The number of halogens is 3. The normalized spacial score (nSPS) is 15.9. The van der Waals surface area contributed by atoms with E-state index in [1.807, 2.05) is 24.3 Å². The van der Waals surface area contributed by atoms with E-state index in [-0.39, 0.29) is 0 Å². The van der Waals surface area contributed by atoms with Crippen LogP contribution in [0.15, 0.2) is 63.8 Å². The molecule has 1 heterocycles. The van der Waals surface area contributed by atoms with Gasteiger partial charge in [0.25, 0.3) is 5.76 Å². The fraction of sp³-hybridized carbons (Fsp3) is 0.318. The van der Waals surface area contributed by atoms with Gasteiger partial charge in [0.05, 0.1) is 11.4 Å². The van der Waals surface area contributed by atoms with Gasteiger partial charge in [-0.2, -0.15) is 8.78 Å². The lowest BCUT2D eigenvalue weighted by Gasteiger charge is -2.25. The quantitative estimate of drug-likeness (QED) is 0.361. The second-order valence-corrected chi connectivity index (χ2v) is 9.39. The summed E-state index contributed by atoms with van der Waals surface area (Å²) in [7, 11) is 0. The average Bonchev–Trinajstić information content (AvgIpc) is 3.14. The molecule has 0 saturated heterocycles. The maximum Gasteiger partial charge on any atom is 0.288 e. The van der Waals surface area contributed by atoms with Crippen molar-refractivity contribution in [2.75, 3.05) is 0 Å². The monoisotopic (exact) mass is 450 g/mol. The van der Waals surface area contributed by atoms with Gasteiger partial charge in [-0.1, -0.05) is 54.8 Å². The Balaban J connectivity index is 1.74. The van der Waals surface area contributed by atoms with Crippen LogP contribution in [0.25, 0.3) is 11.3 Å². The predicted octanol–water partition coefficient (Wildman–Crippen LogP) is 7.92. The van der Waals surface area contributed by atoms with Crippen molar-refractivity contribution < 1.29 is 8.78 Å². The molecule has 2 nitrogen and oxygen atoms in total. The molecule has 2 aromatic carbocycles. The number of thiazole rings is 1. The zero-order valence-corrected chi connectivity index (χ0v) is 18.1. The topological polar surface area (TPSA) is 17.3 Å². The van der Waals surface area contributed by atoms with E-state index in [9.17, 15) is 8.78 Å². The minimum atomic E-state index is -2.41. The summed E-state index contributed by atoms with van der Waals surface area (Å²) in [6.07, 6.45) is 6.04. The first-order valence-corrected chi connectivity index (χ1v) is 11.8. The third-order valence-electron chi connectivity index (χ3n) is 5.11. The number of aromatic nitrogens is 1. The molecular formula is C22H21ClF2N2S2. The van der Waals surface area contributed by atoms with Gasteiger partial charge in [0.2, 0.25) is 0 Å². The minimum Gasteiger partial charge on any atom is -0.313 e. The minimum absolute atomic E-state index is 0.424. The summed E-state index contributed by atoms with van der Waals surface area (Å²) in [5.41, 5.74) is 3.06. The van der Waals surface area contributed by atoms with Gasteiger partial charge in [0, 0.05) is 21.3 Å². The summed E-state index contributed by atoms with van der Waals surface area (Å²) >= 11 is 8.24. The van der Waals surface area contributed by atoms with E-state index in [0.717, 1.165) is 39.6 Å². The summed E-state index contributed by atoms with van der Waals surface area (Å²) < 4.78 is 27.4. The van der Waals surface area contributed by atoms with Gasteiger partial charge in [-0.25, -0.2) is 4.99 Å². The summed E-state index contributed by atoms with van der Waals surface area (Å²) in [5.74, 6) is -2.41. The van der Waals surface area contributed by atoms with Crippen molar-refractivity contribution in [2.45, 2.75) is 48.8 Å². The van der Waals surface area contributed by atoms with E-state index in [2.05, 4.69) is 9.95 Å². The zero-order valence-electron chi connectivity index (χ0n) is 15.7. The molecule has 0 bridgehead atoms. The molecule has 0 unspecified atom stereocenters. The molecule has 1 saturated carbocycles. The zero-order chi connectivity index (χ0) is 20.2. The maximum atomic E-state index is 12.5. The Bertz CT molecular complexity index is 1000. The summed E-state index contributed by atoms with van der Waals surface area (Å²) in [6, 6.07) is 15.4. The molecule has 3 aromatic rings. The van der Waals surface area contributed by atoms with Crippen LogP contribution in [0.2, 0.25) is 5.02 Å². The predicted molar refractivity (Wildman–Crippen MR) is 118 cm³/mol. The Kier molecular flexibility index (Phi) is 6.73. The standard InChI is InChI=1S/C22H21ClF2N2S2/c23-16-8-6-15(7-9-16)20-14-28-22(27(20)18-4-2-1-3-5-18)26-17-10-12-19(13-11-17)29-21(24)25/h6-14,18,21H,1-5H2. The third-order valence-corrected chi connectivity index (χ3v) is 6.92. The van der Waals surface area contributed by atoms with Crippen LogP contribution in [0.4, 0.5) is 14.5 Å². The summed E-state index contributed by atoms with van der Waals surface area (Å²) in [4.78, 5) is 6.35. The molecule has 1 fully saturated rings. The number of hydrogen-bond acceptors (Lipinski definition) is 3. The second kappa shape index (κ2) is 9.45. The van der Waals surface area contributed by atoms with E-state index in [0.29, 0.717) is 22.7 Å². The third kappa shape index (κ3) is 5.11. The first kappa shape index (κ1) is 20.6. The van der Waals surface area contributed by atoms with Crippen LogP contribution < -0.4 is 4.80 Å². The highest BCUT2D eigenvalue weighted by molar-refractivity contribution is 7.99. The molecule has 152 valence electrons. The van der Waals surface area contributed by atoms with Crippen LogP contribution in [0.3, 0.4) is 0 Å². The first-order chi connectivity index (χ1) is 14.1. The molecule has 0 spiro atoms. The Labute approximate surface area is 182 Å². The molecular weight excluding hydrogens is 430 g/mol. The van der Waals surface area contributed by atoms with Gasteiger partial charge in [-0.3, -0.25) is 0 Å². The Morgan fingerprint density at radius 2 is 1.69 bits per heavy atom. The Hall–Kier alpha value is -1.63. The van der Waals surface area contributed by atoms with Gasteiger partial charge >= 0.3 is 0 Å². The molecule has 0 amide bonds. The van der Waals surface area contributed by atoms with Gasteiger partial charge in [-0.05, 0) is 54.8 Å². The van der Waals surface area contributed by atoms with Crippen LogP contribution in [-0.2, 0) is 0 Å². The van der Waals surface area contributed by atoms with Gasteiger partial charge in [0.1, 0.15) is 0 Å². The van der Waals surface area contributed by atoms with E-state index < -0.39 is 5.76 Å². The van der Waals surface area contributed by atoms with Crippen molar-refractivity contribution in [3.8, 4) is 11.3 Å². The van der Waals surface area contributed by atoms with E-state index >= 15 is 0 Å². The largest absolute Gasteiger partial charge is 0.313 e. The van der Waals surface area contributed by atoms with Crippen molar-refractivity contribution in [2.24, 2.45) is 4.99 Å². The lowest BCUT2D eigenvalue weighted by molar-refractivity contribution is 0.252. The lowest BCUT2D eigenvalue weighted by Crippen LogP contribution is -2.23. The highest BCUT2D eigenvalue weighted by atomic mass is 35.5. The first-order valence-electron chi connectivity index (χ1n) is 9.66. The second-order valence-electron chi connectivity index (χ2n) is 7.06.